The molecule has 2 nitrogen and oxygen atoms in total. The molecular weight excluding hydrogens is 227 g/mol. The van der Waals surface area contributed by atoms with E-state index in [1.165, 1.54) is 22.1 Å². The normalized spacial score (nSPS) is 17.4. The topological polar surface area (TPSA) is 15.6 Å². The molecule has 1 atom stereocenters. The summed E-state index contributed by atoms with van der Waals surface area (Å²) in [5.74, 6) is 1.15. The molecule has 0 amide bonds. The lowest BCUT2D eigenvalue weighted by molar-refractivity contribution is 1.06. The van der Waals surface area contributed by atoms with E-state index in [9.17, 15) is 0 Å². The van der Waals surface area contributed by atoms with Crippen LogP contribution < -0.4 is 10.2 Å². The first-order valence-electron chi connectivity index (χ1n) is 5.72. The van der Waals surface area contributed by atoms with Gasteiger partial charge in [-0.15, -0.1) is 0 Å². The summed E-state index contributed by atoms with van der Waals surface area (Å²) < 4.78 is 4.74. The number of benzene rings is 2. The summed E-state index contributed by atoms with van der Waals surface area (Å²) in [6, 6.07) is 17.1. The zero-order valence-corrected chi connectivity index (χ0v) is 10.2. The van der Waals surface area contributed by atoms with Crippen LogP contribution in [0.4, 0.5) is 5.69 Å². The number of nitrogens with zero attached hydrogens (tertiary/aromatic N) is 2. The third-order valence-corrected chi connectivity index (χ3v) is 4.31. The van der Waals surface area contributed by atoms with Crippen molar-refractivity contribution in [3.05, 3.63) is 59.7 Å². The SMILES string of the molecule is c1ccc2c(c1)CN1C2=NPc2ccccc21. The summed E-state index contributed by atoms with van der Waals surface area (Å²) in [4.78, 5) is 2.33. The first kappa shape index (κ1) is 9.38. The van der Waals surface area contributed by atoms with Crippen LogP contribution in [0.1, 0.15) is 11.1 Å². The Bertz CT molecular complexity index is 634. The van der Waals surface area contributed by atoms with Gasteiger partial charge in [-0.1, -0.05) is 42.5 Å². The van der Waals surface area contributed by atoms with Crippen molar-refractivity contribution >= 4 is 25.6 Å². The first-order chi connectivity index (χ1) is 8.43. The van der Waals surface area contributed by atoms with E-state index in [4.69, 9.17) is 4.76 Å². The number of anilines is 1. The summed E-state index contributed by atoms with van der Waals surface area (Å²) in [7, 11) is 0.544. The second kappa shape index (κ2) is 3.41. The molecule has 0 radical (unpaired) electrons. The maximum Gasteiger partial charge on any atom is 0.139 e. The van der Waals surface area contributed by atoms with E-state index in [0.29, 0.717) is 8.73 Å². The Kier molecular flexibility index (Phi) is 1.88. The molecule has 2 aromatic carbocycles. The van der Waals surface area contributed by atoms with Gasteiger partial charge in [0.25, 0.3) is 0 Å². The lowest BCUT2D eigenvalue weighted by Gasteiger charge is -2.25. The summed E-state index contributed by atoms with van der Waals surface area (Å²) in [5, 5.41) is 1.35. The molecule has 0 N–H and O–H groups in total. The van der Waals surface area contributed by atoms with Crippen LogP contribution in [0.15, 0.2) is 53.3 Å². The van der Waals surface area contributed by atoms with Gasteiger partial charge in [-0.05, 0) is 11.6 Å². The Morgan fingerprint density at radius 2 is 1.82 bits per heavy atom. The molecule has 82 valence electrons. The van der Waals surface area contributed by atoms with Crippen LogP contribution in [-0.4, -0.2) is 5.84 Å². The van der Waals surface area contributed by atoms with Gasteiger partial charge in [0.15, 0.2) is 0 Å². The highest BCUT2D eigenvalue weighted by Crippen LogP contribution is 2.35. The summed E-state index contributed by atoms with van der Waals surface area (Å²) in [6.45, 7) is 0.955. The van der Waals surface area contributed by atoms with Gasteiger partial charge in [0, 0.05) is 19.6 Å². The van der Waals surface area contributed by atoms with Crippen molar-refractivity contribution in [2.24, 2.45) is 4.76 Å². The van der Waals surface area contributed by atoms with Crippen LogP contribution in [0, 0.1) is 0 Å². The average molecular weight is 238 g/mol. The standard InChI is InChI=1S/C14H11N2P/c1-2-6-11-10(5-1)9-16-12-7-3-4-8-13(12)17-15-14(11)16/h1-8,17H,9H2. The molecule has 0 saturated heterocycles. The van der Waals surface area contributed by atoms with E-state index < -0.39 is 0 Å². The second-order valence-corrected chi connectivity index (χ2v) is 5.29. The van der Waals surface area contributed by atoms with E-state index >= 15 is 0 Å². The molecule has 0 aromatic heterocycles. The molecule has 3 heteroatoms. The molecule has 1 unspecified atom stereocenters. The lowest BCUT2D eigenvalue weighted by Crippen LogP contribution is -2.30. The summed E-state index contributed by atoms with van der Waals surface area (Å²) in [6.07, 6.45) is 0. The Morgan fingerprint density at radius 3 is 2.82 bits per heavy atom. The quantitative estimate of drug-likeness (QED) is 0.644. The molecule has 17 heavy (non-hydrogen) atoms. The van der Waals surface area contributed by atoms with Crippen molar-refractivity contribution in [1.82, 2.24) is 0 Å². The predicted octanol–water partition coefficient (Wildman–Crippen LogP) is 2.69. The third-order valence-electron chi connectivity index (χ3n) is 3.32. The minimum Gasteiger partial charge on any atom is -0.321 e. The van der Waals surface area contributed by atoms with Crippen molar-refractivity contribution in [1.29, 1.82) is 0 Å². The number of fused-ring (bicyclic) bond motifs is 5. The van der Waals surface area contributed by atoms with Crippen LogP contribution in [0.3, 0.4) is 0 Å². The molecule has 2 aliphatic rings. The molecule has 0 aliphatic carbocycles. The fraction of sp³-hybridized carbons (Fsp3) is 0.0714. The average Bonchev–Trinajstić information content (AvgIpc) is 2.78. The van der Waals surface area contributed by atoms with Gasteiger partial charge in [0.2, 0.25) is 0 Å². The van der Waals surface area contributed by atoms with Crippen molar-refractivity contribution in [2.75, 3.05) is 4.90 Å². The minimum atomic E-state index is 0.544. The Hall–Kier alpha value is -1.66. The molecule has 0 fully saturated rings. The van der Waals surface area contributed by atoms with Gasteiger partial charge in [-0.25, -0.2) is 4.76 Å². The van der Waals surface area contributed by atoms with Crippen molar-refractivity contribution < 1.29 is 0 Å². The maximum atomic E-state index is 4.74. The zero-order valence-electron chi connectivity index (χ0n) is 9.22. The highest BCUT2D eigenvalue weighted by atomic mass is 31.1. The van der Waals surface area contributed by atoms with Gasteiger partial charge < -0.3 is 4.90 Å². The molecule has 0 spiro atoms. The van der Waals surface area contributed by atoms with Crippen LogP contribution in [-0.2, 0) is 6.54 Å². The zero-order chi connectivity index (χ0) is 11.2. The molecule has 2 aliphatic heterocycles. The Morgan fingerprint density at radius 1 is 1.00 bits per heavy atom. The molecule has 4 rings (SSSR count). The van der Waals surface area contributed by atoms with Gasteiger partial charge in [0.1, 0.15) is 5.84 Å². The monoisotopic (exact) mass is 238 g/mol. The van der Waals surface area contributed by atoms with Crippen LogP contribution in [0.25, 0.3) is 0 Å². The second-order valence-electron chi connectivity index (χ2n) is 4.31. The fourth-order valence-electron chi connectivity index (χ4n) is 2.50. The highest BCUT2D eigenvalue weighted by molar-refractivity contribution is 7.46. The van der Waals surface area contributed by atoms with Crippen molar-refractivity contribution in [3.63, 3.8) is 0 Å². The van der Waals surface area contributed by atoms with E-state index in [-0.39, 0.29) is 0 Å². The van der Waals surface area contributed by atoms with Gasteiger partial charge >= 0.3 is 0 Å². The molecule has 0 bridgehead atoms. The number of rotatable bonds is 0. The van der Waals surface area contributed by atoms with E-state index in [1.807, 2.05) is 0 Å². The maximum absolute atomic E-state index is 4.74. The molecule has 2 aromatic rings. The van der Waals surface area contributed by atoms with Crippen molar-refractivity contribution in [2.45, 2.75) is 6.54 Å². The Labute approximate surface area is 102 Å². The smallest absolute Gasteiger partial charge is 0.139 e. The number of hydrogen-bond acceptors (Lipinski definition) is 2. The first-order valence-corrected chi connectivity index (χ1v) is 6.67. The minimum absolute atomic E-state index is 0.544. The van der Waals surface area contributed by atoms with E-state index in [2.05, 4.69) is 53.4 Å². The number of amidine groups is 1. The lowest BCUT2D eigenvalue weighted by atomic mass is 10.1. The molecule has 2 heterocycles. The van der Waals surface area contributed by atoms with Gasteiger partial charge in [-0.2, -0.15) is 0 Å². The van der Waals surface area contributed by atoms with Gasteiger partial charge in [0.05, 0.1) is 12.2 Å². The highest BCUT2D eigenvalue weighted by Gasteiger charge is 2.29. The third kappa shape index (κ3) is 1.28. The summed E-state index contributed by atoms with van der Waals surface area (Å²) >= 11 is 0. The number of hydrogen-bond donors (Lipinski definition) is 0. The van der Waals surface area contributed by atoms with E-state index in [1.54, 1.807) is 0 Å². The Balaban J connectivity index is 1.91. The predicted molar refractivity (Wildman–Crippen MR) is 73.6 cm³/mol. The summed E-state index contributed by atoms with van der Waals surface area (Å²) in [5.41, 5.74) is 4.01. The van der Waals surface area contributed by atoms with E-state index in [0.717, 1.165) is 12.4 Å². The largest absolute Gasteiger partial charge is 0.321 e. The van der Waals surface area contributed by atoms with Crippen LogP contribution in [0.2, 0.25) is 0 Å². The van der Waals surface area contributed by atoms with Crippen LogP contribution >= 0.6 is 8.73 Å². The van der Waals surface area contributed by atoms with Crippen LogP contribution in [0.5, 0.6) is 0 Å². The molecule has 0 saturated carbocycles. The van der Waals surface area contributed by atoms with Crippen molar-refractivity contribution in [3.8, 4) is 0 Å². The fourth-order valence-corrected chi connectivity index (χ4v) is 3.47. The number of para-hydroxylation sites is 1. The van der Waals surface area contributed by atoms with Gasteiger partial charge in [-0.3, -0.25) is 0 Å². The molecular formula is C14H11N2P.